The van der Waals surface area contributed by atoms with Crippen molar-refractivity contribution in [2.45, 2.75) is 69.1 Å². The van der Waals surface area contributed by atoms with E-state index in [9.17, 15) is 4.39 Å². The van der Waals surface area contributed by atoms with E-state index in [2.05, 4.69) is 31.2 Å². The van der Waals surface area contributed by atoms with Crippen molar-refractivity contribution < 1.29 is 4.39 Å². The van der Waals surface area contributed by atoms with Crippen LogP contribution in [0.25, 0.3) is 11.1 Å². The Morgan fingerprint density at radius 3 is 2.33 bits per heavy atom. The zero-order chi connectivity index (χ0) is 19.1. The van der Waals surface area contributed by atoms with Gasteiger partial charge in [0, 0.05) is 0 Å². The highest BCUT2D eigenvalue weighted by molar-refractivity contribution is 8.03. The number of rotatable bonds is 7. The summed E-state index contributed by atoms with van der Waals surface area (Å²) < 4.78 is 14.1. The van der Waals surface area contributed by atoms with E-state index in [0.29, 0.717) is 10.8 Å². The van der Waals surface area contributed by atoms with Gasteiger partial charge in [0.2, 0.25) is 0 Å². The minimum Gasteiger partial charge on any atom is -0.206 e. The molecule has 0 heterocycles. The number of hydrogen-bond acceptors (Lipinski definition) is 2. The first-order valence-corrected chi connectivity index (χ1v) is 11.0. The van der Waals surface area contributed by atoms with Gasteiger partial charge in [-0.15, -0.1) is 0 Å². The van der Waals surface area contributed by atoms with Crippen molar-refractivity contribution >= 4 is 11.8 Å². The Hall–Kier alpha value is -1.79. The lowest BCUT2D eigenvalue weighted by Gasteiger charge is -2.29. The summed E-state index contributed by atoms with van der Waals surface area (Å²) in [6.07, 6.45) is 10.8. The molecule has 0 amide bonds. The van der Waals surface area contributed by atoms with E-state index < -0.39 is 0 Å². The minimum atomic E-state index is -0.329. The number of benzene rings is 2. The lowest BCUT2D eigenvalue weighted by molar-refractivity contribution is 0.303. The van der Waals surface area contributed by atoms with E-state index in [1.54, 1.807) is 6.07 Å². The van der Waals surface area contributed by atoms with E-state index in [4.69, 9.17) is 5.26 Å². The van der Waals surface area contributed by atoms with Crippen LogP contribution in [0.4, 0.5) is 4.39 Å². The molecule has 0 atom stereocenters. The fourth-order valence-electron chi connectivity index (χ4n) is 4.23. The second-order valence-electron chi connectivity index (χ2n) is 7.67. The Bertz CT molecular complexity index is 770. The second-order valence-corrected chi connectivity index (χ2v) is 8.50. The topological polar surface area (TPSA) is 23.8 Å². The van der Waals surface area contributed by atoms with Gasteiger partial charge in [-0.1, -0.05) is 62.9 Å². The van der Waals surface area contributed by atoms with Crippen molar-refractivity contribution in [1.29, 1.82) is 5.26 Å². The Morgan fingerprint density at radius 1 is 1.00 bits per heavy atom. The van der Waals surface area contributed by atoms with Crippen LogP contribution in [0.15, 0.2) is 47.4 Å². The van der Waals surface area contributed by atoms with Crippen LogP contribution in [-0.2, 0) is 0 Å². The van der Waals surface area contributed by atoms with Crippen molar-refractivity contribution in [2.75, 3.05) is 0 Å². The molecule has 1 saturated carbocycles. The number of unbranched alkanes of at least 4 members (excludes halogenated alkanes) is 2. The van der Waals surface area contributed by atoms with Crippen LogP contribution in [0, 0.1) is 22.4 Å². The number of hydrogen-bond donors (Lipinski definition) is 0. The number of nitriles is 1. The van der Waals surface area contributed by atoms with Crippen LogP contribution in [0.2, 0.25) is 0 Å². The molecular formula is C24H28FNS. The van der Waals surface area contributed by atoms with Crippen LogP contribution in [0.5, 0.6) is 0 Å². The second kappa shape index (κ2) is 9.95. The highest BCUT2D eigenvalue weighted by atomic mass is 32.2. The molecule has 0 aromatic heterocycles. The zero-order valence-electron chi connectivity index (χ0n) is 16.1. The molecule has 2 aromatic rings. The summed E-state index contributed by atoms with van der Waals surface area (Å²) in [5, 5.41) is 10.6. The Balaban J connectivity index is 1.60. The molecule has 0 unspecified atom stereocenters. The van der Waals surface area contributed by atoms with Gasteiger partial charge in [-0.25, -0.2) is 4.39 Å². The fraction of sp³-hybridized carbons (Fsp3) is 0.458. The molecule has 0 N–H and O–H groups in total. The third-order valence-corrected chi connectivity index (χ3v) is 6.51. The van der Waals surface area contributed by atoms with Gasteiger partial charge in [-0.05, 0) is 78.1 Å². The normalized spacial score (nSPS) is 19.6. The molecular weight excluding hydrogens is 353 g/mol. The molecule has 1 nitrogen and oxygen atoms in total. The molecule has 142 valence electrons. The van der Waals surface area contributed by atoms with Crippen molar-refractivity contribution in [3.63, 3.8) is 0 Å². The summed E-state index contributed by atoms with van der Waals surface area (Å²) in [6.45, 7) is 2.27. The maximum Gasteiger partial charge on any atom is 0.138 e. The molecule has 27 heavy (non-hydrogen) atoms. The summed E-state index contributed by atoms with van der Waals surface area (Å²) in [6, 6.07) is 13.7. The predicted molar refractivity (Wildman–Crippen MR) is 112 cm³/mol. The van der Waals surface area contributed by atoms with Crippen molar-refractivity contribution in [2.24, 2.45) is 5.92 Å². The van der Waals surface area contributed by atoms with E-state index in [0.717, 1.165) is 28.8 Å². The SMILES string of the molecule is CCCCCC1CCC(c2ccc(-c3ccc(SC#N)c(F)c3)cc2)CC1. The highest BCUT2D eigenvalue weighted by Gasteiger charge is 2.22. The summed E-state index contributed by atoms with van der Waals surface area (Å²) in [7, 11) is 0. The van der Waals surface area contributed by atoms with E-state index in [1.807, 2.05) is 11.5 Å². The monoisotopic (exact) mass is 381 g/mol. The van der Waals surface area contributed by atoms with Gasteiger partial charge < -0.3 is 0 Å². The van der Waals surface area contributed by atoms with Gasteiger partial charge in [0.15, 0.2) is 0 Å². The Labute approximate surface area is 167 Å². The first kappa shape index (κ1) is 20.0. The van der Waals surface area contributed by atoms with Crippen LogP contribution >= 0.6 is 11.8 Å². The third-order valence-electron chi connectivity index (χ3n) is 5.87. The van der Waals surface area contributed by atoms with Gasteiger partial charge >= 0.3 is 0 Å². The van der Waals surface area contributed by atoms with Gasteiger partial charge in [-0.3, -0.25) is 0 Å². The van der Waals surface area contributed by atoms with E-state index in [-0.39, 0.29) is 5.82 Å². The molecule has 0 saturated heterocycles. The molecule has 1 aliphatic rings. The lowest BCUT2D eigenvalue weighted by atomic mass is 9.77. The zero-order valence-corrected chi connectivity index (χ0v) is 16.9. The van der Waals surface area contributed by atoms with Crippen molar-refractivity contribution in [3.05, 3.63) is 53.8 Å². The largest absolute Gasteiger partial charge is 0.206 e. The standard InChI is InChI=1S/C24H28FNS/c1-2-3-4-5-18-6-8-19(9-7-18)20-10-12-21(13-11-20)22-14-15-24(27-17-26)23(25)16-22/h10-16,18-19H,2-9H2,1H3. The Morgan fingerprint density at radius 2 is 1.70 bits per heavy atom. The van der Waals surface area contributed by atoms with E-state index >= 15 is 0 Å². The molecule has 0 bridgehead atoms. The van der Waals surface area contributed by atoms with Crippen molar-refractivity contribution in [3.8, 4) is 16.5 Å². The van der Waals surface area contributed by atoms with Crippen molar-refractivity contribution in [1.82, 2.24) is 0 Å². The number of halogens is 1. The molecule has 0 aliphatic heterocycles. The van der Waals surface area contributed by atoms with Crippen LogP contribution in [0.3, 0.4) is 0 Å². The predicted octanol–water partition coefficient (Wildman–Crippen LogP) is 7.92. The van der Waals surface area contributed by atoms with Gasteiger partial charge in [0.05, 0.1) is 4.90 Å². The first-order chi connectivity index (χ1) is 13.2. The fourth-order valence-corrected chi connectivity index (χ4v) is 4.62. The van der Waals surface area contributed by atoms with Gasteiger partial charge in [0.1, 0.15) is 11.2 Å². The maximum absolute atomic E-state index is 14.1. The maximum atomic E-state index is 14.1. The number of thioether (sulfide) groups is 1. The molecule has 3 rings (SSSR count). The molecule has 3 heteroatoms. The van der Waals surface area contributed by atoms with E-state index in [1.165, 1.54) is 63.0 Å². The molecule has 1 aliphatic carbocycles. The first-order valence-electron chi connectivity index (χ1n) is 10.2. The highest BCUT2D eigenvalue weighted by Crippen LogP contribution is 2.38. The van der Waals surface area contributed by atoms with Crippen LogP contribution in [-0.4, -0.2) is 0 Å². The minimum absolute atomic E-state index is 0.329. The lowest BCUT2D eigenvalue weighted by Crippen LogP contribution is -2.13. The average molecular weight is 382 g/mol. The van der Waals surface area contributed by atoms with Gasteiger partial charge in [0.25, 0.3) is 0 Å². The Kier molecular flexibility index (Phi) is 7.35. The molecule has 2 aromatic carbocycles. The quantitative estimate of drug-likeness (QED) is 0.276. The molecule has 0 radical (unpaired) electrons. The van der Waals surface area contributed by atoms with Crippen LogP contribution in [0.1, 0.15) is 69.8 Å². The molecule has 1 fully saturated rings. The summed E-state index contributed by atoms with van der Waals surface area (Å²) in [4.78, 5) is 0.383. The number of thiocyanates is 1. The number of nitrogens with zero attached hydrogens (tertiary/aromatic N) is 1. The summed E-state index contributed by atoms with van der Waals surface area (Å²) >= 11 is 0.864. The average Bonchev–Trinajstić information content (AvgIpc) is 2.71. The smallest absolute Gasteiger partial charge is 0.138 e. The van der Waals surface area contributed by atoms with Gasteiger partial charge in [-0.2, -0.15) is 5.26 Å². The van der Waals surface area contributed by atoms with Crippen LogP contribution < -0.4 is 0 Å². The summed E-state index contributed by atoms with van der Waals surface area (Å²) in [5.74, 6) is 1.27. The summed E-state index contributed by atoms with van der Waals surface area (Å²) in [5.41, 5.74) is 3.31. The third kappa shape index (κ3) is 5.36. The molecule has 0 spiro atoms.